The van der Waals surface area contributed by atoms with E-state index in [4.69, 9.17) is 9.52 Å². The molecular formula is C20H28N4O2S. The highest BCUT2D eigenvalue weighted by Crippen LogP contribution is 2.29. The fraction of sp³-hybridized carbons (Fsp3) is 0.600. The zero-order valence-electron chi connectivity index (χ0n) is 16.2. The summed E-state index contributed by atoms with van der Waals surface area (Å²) in [5.74, 6) is 2.45. The lowest BCUT2D eigenvalue weighted by Crippen LogP contribution is -2.44. The molecule has 27 heavy (non-hydrogen) atoms. The summed E-state index contributed by atoms with van der Waals surface area (Å²) in [6.45, 7) is 5.78. The summed E-state index contributed by atoms with van der Waals surface area (Å²) in [5.41, 5.74) is 4.09. The predicted molar refractivity (Wildman–Crippen MR) is 107 cm³/mol. The van der Waals surface area contributed by atoms with Crippen LogP contribution in [-0.4, -0.2) is 63.2 Å². The SMILES string of the molecule is CCn1nc(C(=O)N(C)Cc2ccoc2)c2c1CCC(N1CCSCC1)C2. The number of hydrogen-bond donors (Lipinski definition) is 0. The second kappa shape index (κ2) is 8.10. The van der Waals surface area contributed by atoms with Gasteiger partial charge in [-0.15, -0.1) is 0 Å². The standard InChI is InChI=1S/C20H28N4O2S/c1-3-24-18-5-4-16(23-7-10-27-11-8-23)12-17(18)19(21-24)20(25)22(2)13-15-6-9-26-14-15/h6,9,14,16H,3-5,7-8,10-13H2,1-2H3. The van der Waals surface area contributed by atoms with Crippen molar-refractivity contribution in [2.45, 2.75) is 45.3 Å². The maximum atomic E-state index is 13.2. The van der Waals surface area contributed by atoms with E-state index in [0.717, 1.165) is 38.0 Å². The second-order valence-corrected chi connectivity index (χ2v) is 8.65. The van der Waals surface area contributed by atoms with E-state index in [0.29, 0.717) is 18.3 Å². The van der Waals surface area contributed by atoms with Gasteiger partial charge in [0.15, 0.2) is 5.69 Å². The Morgan fingerprint density at radius 3 is 2.93 bits per heavy atom. The first-order valence-electron chi connectivity index (χ1n) is 9.84. The Kier molecular flexibility index (Phi) is 5.59. The largest absolute Gasteiger partial charge is 0.472 e. The van der Waals surface area contributed by atoms with Crippen LogP contribution in [0.25, 0.3) is 0 Å². The summed E-state index contributed by atoms with van der Waals surface area (Å²) >= 11 is 2.04. The molecule has 7 heteroatoms. The van der Waals surface area contributed by atoms with Crippen LogP contribution in [-0.2, 0) is 25.9 Å². The molecule has 2 aromatic rings. The monoisotopic (exact) mass is 388 g/mol. The third-order valence-electron chi connectivity index (χ3n) is 5.73. The number of thioether (sulfide) groups is 1. The third-order valence-corrected chi connectivity index (χ3v) is 6.67. The van der Waals surface area contributed by atoms with Gasteiger partial charge in [-0.3, -0.25) is 14.4 Å². The molecule has 1 saturated heterocycles. The van der Waals surface area contributed by atoms with Crippen molar-refractivity contribution in [3.63, 3.8) is 0 Å². The predicted octanol–water partition coefficient (Wildman–Crippen LogP) is 2.67. The van der Waals surface area contributed by atoms with Crippen LogP contribution < -0.4 is 0 Å². The van der Waals surface area contributed by atoms with E-state index in [1.165, 1.54) is 29.2 Å². The van der Waals surface area contributed by atoms with Crippen molar-refractivity contribution in [1.29, 1.82) is 0 Å². The molecule has 1 atom stereocenters. The molecule has 2 aliphatic rings. The zero-order valence-corrected chi connectivity index (χ0v) is 17.0. The molecule has 3 heterocycles. The lowest BCUT2D eigenvalue weighted by atomic mass is 9.90. The smallest absolute Gasteiger partial charge is 0.274 e. The molecule has 1 unspecified atom stereocenters. The highest BCUT2D eigenvalue weighted by Gasteiger charge is 2.32. The minimum atomic E-state index is 0.00880. The Morgan fingerprint density at radius 2 is 2.22 bits per heavy atom. The number of nitrogens with zero attached hydrogens (tertiary/aromatic N) is 4. The van der Waals surface area contributed by atoms with Crippen molar-refractivity contribution < 1.29 is 9.21 Å². The Labute approximate surface area is 164 Å². The molecule has 0 spiro atoms. The summed E-state index contributed by atoms with van der Waals surface area (Å²) < 4.78 is 7.17. The second-order valence-electron chi connectivity index (χ2n) is 7.43. The van der Waals surface area contributed by atoms with Crippen LogP contribution in [0.5, 0.6) is 0 Å². The number of fused-ring (bicyclic) bond motifs is 1. The highest BCUT2D eigenvalue weighted by atomic mass is 32.2. The van der Waals surface area contributed by atoms with Crippen molar-refractivity contribution in [2.24, 2.45) is 0 Å². The highest BCUT2D eigenvalue weighted by molar-refractivity contribution is 7.99. The number of amides is 1. The lowest BCUT2D eigenvalue weighted by molar-refractivity contribution is 0.0776. The van der Waals surface area contributed by atoms with Crippen molar-refractivity contribution in [3.8, 4) is 0 Å². The molecule has 0 N–H and O–H groups in total. The Bertz CT molecular complexity index is 780. The maximum absolute atomic E-state index is 13.2. The molecular weight excluding hydrogens is 360 g/mol. The van der Waals surface area contributed by atoms with E-state index in [2.05, 4.69) is 11.8 Å². The molecule has 1 aliphatic carbocycles. The first kappa shape index (κ1) is 18.6. The van der Waals surface area contributed by atoms with Crippen LogP contribution in [0.1, 0.15) is 40.7 Å². The Balaban J connectivity index is 1.56. The fourth-order valence-electron chi connectivity index (χ4n) is 4.27. The van der Waals surface area contributed by atoms with E-state index >= 15 is 0 Å². The van der Waals surface area contributed by atoms with E-state index in [1.807, 2.05) is 29.6 Å². The number of rotatable bonds is 5. The fourth-order valence-corrected chi connectivity index (χ4v) is 5.20. The number of aryl methyl sites for hydroxylation is 1. The van der Waals surface area contributed by atoms with Crippen molar-refractivity contribution in [1.82, 2.24) is 19.6 Å². The summed E-state index contributed by atoms with van der Waals surface area (Å²) in [7, 11) is 1.84. The van der Waals surface area contributed by atoms with E-state index < -0.39 is 0 Å². The van der Waals surface area contributed by atoms with Gasteiger partial charge in [-0.05, 0) is 32.3 Å². The van der Waals surface area contributed by atoms with Crippen molar-refractivity contribution >= 4 is 17.7 Å². The molecule has 4 rings (SSSR count). The number of furan rings is 1. The summed E-state index contributed by atoms with van der Waals surface area (Å²) in [6.07, 6.45) is 6.46. The molecule has 6 nitrogen and oxygen atoms in total. The summed E-state index contributed by atoms with van der Waals surface area (Å²) in [4.78, 5) is 17.5. The molecule has 0 radical (unpaired) electrons. The molecule has 0 bridgehead atoms. The van der Waals surface area contributed by atoms with E-state index in [9.17, 15) is 4.79 Å². The van der Waals surface area contributed by atoms with Crippen LogP contribution in [0.3, 0.4) is 0 Å². The number of aromatic nitrogens is 2. The first-order valence-corrected chi connectivity index (χ1v) is 11.0. The third kappa shape index (κ3) is 3.80. The van der Waals surface area contributed by atoms with E-state index in [-0.39, 0.29) is 5.91 Å². The van der Waals surface area contributed by atoms with Gasteiger partial charge in [0, 0.05) is 67.6 Å². The van der Waals surface area contributed by atoms with Gasteiger partial charge in [0.25, 0.3) is 5.91 Å². The topological polar surface area (TPSA) is 54.5 Å². The Hall–Kier alpha value is -1.73. The van der Waals surface area contributed by atoms with Crippen molar-refractivity contribution in [2.75, 3.05) is 31.6 Å². The number of carbonyl (C=O) groups is 1. The van der Waals surface area contributed by atoms with E-state index in [1.54, 1.807) is 17.4 Å². The minimum absolute atomic E-state index is 0.00880. The van der Waals surface area contributed by atoms with Gasteiger partial charge in [-0.1, -0.05) is 0 Å². The first-order chi connectivity index (χ1) is 13.2. The van der Waals surface area contributed by atoms with Gasteiger partial charge < -0.3 is 9.32 Å². The van der Waals surface area contributed by atoms with Gasteiger partial charge in [0.1, 0.15) is 0 Å². The molecule has 1 amide bonds. The number of carbonyl (C=O) groups excluding carboxylic acids is 1. The van der Waals surface area contributed by atoms with Gasteiger partial charge in [0.05, 0.1) is 12.5 Å². The molecule has 1 aliphatic heterocycles. The summed E-state index contributed by atoms with van der Waals surface area (Å²) in [5, 5.41) is 4.72. The number of hydrogen-bond acceptors (Lipinski definition) is 5. The van der Waals surface area contributed by atoms with Gasteiger partial charge >= 0.3 is 0 Å². The normalized spacial score (nSPS) is 20.4. The average Bonchev–Trinajstić information content (AvgIpc) is 3.35. The molecule has 0 saturated carbocycles. The van der Waals surface area contributed by atoms with Crippen LogP contribution >= 0.6 is 11.8 Å². The summed E-state index contributed by atoms with van der Waals surface area (Å²) in [6, 6.07) is 2.44. The van der Waals surface area contributed by atoms with Gasteiger partial charge in [0.2, 0.25) is 0 Å². The molecule has 1 fully saturated rings. The zero-order chi connectivity index (χ0) is 18.8. The van der Waals surface area contributed by atoms with Crippen LogP contribution in [0.15, 0.2) is 23.0 Å². The quantitative estimate of drug-likeness (QED) is 0.788. The Morgan fingerprint density at radius 1 is 1.41 bits per heavy atom. The molecule has 0 aromatic carbocycles. The maximum Gasteiger partial charge on any atom is 0.274 e. The molecule has 2 aromatic heterocycles. The van der Waals surface area contributed by atoms with Crippen LogP contribution in [0, 0.1) is 0 Å². The van der Waals surface area contributed by atoms with Crippen LogP contribution in [0.2, 0.25) is 0 Å². The average molecular weight is 389 g/mol. The van der Waals surface area contributed by atoms with Gasteiger partial charge in [-0.25, -0.2) is 0 Å². The minimum Gasteiger partial charge on any atom is -0.472 e. The lowest BCUT2D eigenvalue weighted by Gasteiger charge is -2.36. The van der Waals surface area contributed by atoms with Gasteiger partial charge in [-0.2, -0.15) is 16.9 Å². The molecule has 146 valence electrons. The van der Waals surface area contributed by atoms with Crippen molar-refractivity contribution in [3.05, 3.63) is 41.1 Å². The van der Waals surface area contributed by atoms with Crippen LogP contribution in [0.4, 0.5) is 0 Å².